The molecule has 1 aromatic rings. The van der Waals surface area contributed by atoms with Crippen LogP contribution < -0.4 is 10.2 Å². The fraction of sp³-hybridized carbons (Fsp3) is 0.267. The van der Waals surface area contributed by atoms with E-state index < -0.39 is 11.9 Å². The molecule has 6 nitrogen and oxygen atoms in total. The molecule has 0 saturated carbocycles. The summed E-state index contributed by atoms with van der Waals surface area (Å²) < 4.78 is 14.2. The summed E-state index contributed by atoms with van der Waals surface area (Å²) >= 11 is 0. The predicted octanol–water partition coefficient (Wildman–Crippen LogP) is 1.63. The summed E-state index contributed by atoms with van der Waals surface area (Å²) in [4.78, 5) is 1.66. The summed E-state index contributed by atoms with van der Waals surface area (Å²) in [6, 6.07) is 9.25. The third kappa shape index (κ3) is 2.98. The average Bonchev–Trinajstić information content (AvgIpc) is 2.93. The zero-order chi connectivity index (χ0) is 16.1. The Labute approximate surface area is 126 Å². The molecule has 7 heteroatoms. The van der Waals surface area contributed by atoms with Crippen molar-refractivity contribution < 1.29 is 9.50 Å². The Kier molecular flexibility index (Phi) is 4.58. The highest BCUT2D eigenvalue weighted by Gasteiger charge is 2.25. The van der Waals surface area contributed by atoms with Crippen molar-refractivity contribution in [1.29, 1.82) is 15.8 Å². The highest BCUT2D eigenvalue weighted by molar-refractivity contribution is 5.74. The summed E-state index contributed by atoms with van der Waals surface area (Å²) in [7, 11) is 0. The van der Waals surface area contributed by atoms with Crippen LogP contribution in [0.3, 0.4) is 0 Å². The van der Waals surface area contributed by atoms with Crippen LogP contribution in [0.25, 0.3) is 0 Å². The summed E-state index contributed by atoms with van der Waals surface area (Å²) in [6.07, 6.45) is -0.0108. The maximum absolute atomic E-state index is 14.2. The minimum Gasteiger partial charge on any atom is -0.391 e. The quantitative estimate of drug-likeness (QED) is 0.821. The molecule has 0 radical (unpaired) electrons. The van der Waals surface area contributed by atoms with Crippen LogP contribution in [0.1, 0.15) is 6.42 Å². The third-order valence-corrected chi connectivity index (χ3v) is 3.31. The van der Waals surface area contributed by atoms with Gasteiger partial charge in [0.2, 0.25) is 0 Å². The summed E-state index contributed by atoms with van der Waals surface area (Å²) in [6.45, 7) is 0.760. The predicted molar refractivity (Wildman–Crippen MR) is 76.7 cm³/mol. The van der Waals surface area contributed by atoms with E-state index in [4.69, 9.17) is 15.8 Å². The molecule has 2 rings (SSSR count). The molecule has 0 spiro atoms. The Morgan fingerprint density at radius 3 is 2.55 bits per heavy atom. The lowest BCUT2D eigenvalue weighted by molar-refractivity contribution is 0.198. The van der Waals surface area contributed by atoms with Crippen molar-refractivity contribution in [2.75, 3.05) is 23.3 Å². The number of hydrogen-bond acceptors (Lipinski definition) is 6. The molecule has 22 heavy (non-hydrogen) atoms. The fourth-order valence-electron chi connectivity index (χ4n) is 2.30. The maximum Gasteiger partial charge on any atom is 0.163 e. The minimum absolute atomic E-state index is 0.210. The van der Waals surface area contributed by atoms with Crippen molar-refractivity contribution in [3.8, 4) is 18.2 Å². The third-order valence-electron chi connectivity index (χ3n) is 3.31. The van der Waals surface area contributed by atoms with Gasteiger partial charge in [-0.05, 0) is 18.6 Å². The van der Waals surface area contributed by atoms with Crippen LogP contribution in [0.15, 0.2) is 29.5 Å². The van der Waals surface area contributed by atoms with E-state index in [1.165, 1.54) is 12.1 Å². The molecule has 0 aromatic heterocycles. The number of nitrogens with one attached hydrogen (secondary N) is 1. The molecular formula is C15H12FN5O. The molecular weight excluding hydrogens is 285 g/mol. The van der Waals surface area contributed by atoms with E-state index in [1.54, 1.807) is 29.2 Å². The Bertz CT molecular complexity index is 722. The van der Waals surface area contributed by atoms with Crippen molar-refractivity contribution >= 4 is 11.4 Å². The zero-order valence-corrected chi connectivity index (χ0v) is 11.5. The number of nitrogens with zero attached hydrogens (tertiary/aromatic N) is 4. The first-order valence-electron chi connectivity index (χ1n) is 6.53. The molecule has 0 aliphatic carbocycles. The van der Waals surface area contributed by atoms with Crippen molar-refractivity contribution in [2.45, 2.75) is 12.5 Å². The number of rotatable bonds is 3. The number of para-hydroxylation sites is 1. The van der Waals surface area contributed by atoms with Crippen LogP contribution in [0, 0.1) is 39.8 Å². The number of hydrogen-bond donors (Lipinski definition) is 2. The van der Waals surface area contributed by atoms with E-state index in [9.17, 15) is 9.50 Å². The smallest absolute Gasteiger partial charge is 0.163 e. The standard InChI is InChI=1S/C15H12FN5O/c16-12-2-1-3-13(15(12)21-5-4-11(22)9-21)20-14(8-19)10(6-17)7-18/h1-3,11,20,22H,4-5,9H2. The normalized spacial score (nSPS) is 16.3. The van der Waals surface area contributed by atoms with Gasteiger partial charge >= 0.3 is 0 Å². The van der Waals surface area contributed by atoms with E-state index in [-0.39, 0.29) is 29.2 Å². The average molecular weight is 297 g/mol. The molecule has 1 aromatic carbocycles. The lowest BCUT2D eigenvalue weighted by atomic mass is 10.2. The molecule has 0 amide bonds. The molecule has 1 unspecified atom stereocenters. The summed E-state index contributed by atoms with van der Waals surface area (Å²) in [5.74, 6) is -0.508. The summed E-state index contributed by atoms with van der Waals surface area (Å²) in [5, 5.41) is 39.0. The molecule has 1 aliphatic rings. The SMILES string of the molecule is N#CC(C#N)=C(C#N)Nc1cccc(F)c1N1CCC(O)C1. The van der Waals surface area contributed by atoms with E-state index in [2.05, 4.69) is 5.32 Å². The van der Waals surface area contributed by atoms with Gasteiger partial charge in [0.05, 0.1) is 17.5 Å². The van der Waals surface area contributed by atoms with Crippen LogP contribution in [-0.4, -0.2) is 24.3 Å². The van der Waals surface area contributed by atoms with Crippen molar-refractivity contribution in [1.82, 2.24) is 0 Å². The van der Waals surface area contributed by atoms with Gasteiger partial charge in [-0.1, -0.05) is 6.07 Å². The number of β-amino-alcohol motifs (C(OH)–C–C–N with tert-alkyl or cyclic N) is 1. The lowest BCUT2D eigenvalue weighted by Crippen LogP contribution is -2.23. The molecule has 1 aliphatic heterocycles. The number of anilines is 2. The number of aliphatic hydroxyl groups is 1. The largest absolute Gasteiger partial charge is 0.391 e. The van der Waals surface area contributed by atoms with E-state index in [1.807, 2.05) is 0 Å². The Hall–Kier alpha value is -3.08. The van der Waals surface area contributed by atoms with Crippen molar-refractivity contribution in [3.05, 3.63) is 35.3 Å². The van der Waals surface area contributed by atoms with E-state index in [0.717, 1.165) is 0 Å². The second kappa shape index (κ2) is 6.58. The van der Waals surface area contributed by atoms with Crippen LogP contribution in [-0.2, 0) is 0 Å². The van der Waals surface area contributed by atoms with Gasteiger partial charge in [-0.15, -0.1) is 0 Å². The second-order valence-electron chi connectivity index (χ2n) is 4.73. The topological polar surface area (TPSA) is 107 Å². The van der Waals surface area contributed by atoms with Crippen molar-refractivity contribution in [3.63, 3.8) is 0 Å². The van der Waals surface area contributed by atoms with Crippen LogP contribution in [0.4, 0.5) is 15.8 Å². The highest BCUT2D eigenvalue weighted by atomic mass is 19.1. The van der Waals surface area contributed by atoms with Gasteiger partial charge in [0, 0.05) is 13.1 Å². The Balaban J connectivity index is 2.43. The fourth-order valence-corrected chi connectivity index (χ4v) is 2.30. The van der Waals surface area contributed by atoms with Crippen molar-refractivity contribution in [2.24, 2.45) is 0 Å². The number of aliphatic hydroxyl groups excluding tert-OH is 1. The van der Waals surface area contributed by atoms with Gasteiger partial charge in [-0.25, -0.2) is 4.39 Å². The first-order chi connectivity index (χ1) is 10.6. The van der Waals surface area contributed by atoms with Crippen LogP contribution >= 0.6 is 0 Å². The van der Waals surface area contributed by atoms with Gasteiger partial charge in [0.25, 0.3) is 0 Å². The molecule has 2 N–H and O–H groups in total. The number of halogens is 1. The highest BCUT2D eigenvalue weighted by Crippen LogP contribution is 2.32. The van der Waals surface area contributed by atoms with Crippen LogP contribution in [0.5, 0.6) is 0 Å². The second-order valence-corrected chi connectivity index (χ2v) is 4.73. The number of allylic oxidation sites excluding steroid dienone is 2. The lowest BCUT2D eigenvalue weighted by Gasteiger charge is -2.22. The van der Waals surface area contributed by atoms with E-state index >= 15 is 0 Å². The maximum atomic E-state index is 14.2. The molecule has 1 fully saturated rings. The van der Waals surface area contributed by atoms with Gasteiger partial charge in [-0.2, -0.15) is 15.8 Å². The monoisotopic (exact) mass is 297 g/mol. The number of nitriles is 3. The molecule has 1 saturated heterocycles. The number of benzene rings is 1. The molecule has 110 valence electrons. The van der Waals surface area contributed by atoms with Gasteiger partial charge in [0.1, 0.15) is 29.7 Å². The molecule has 0 bridgehead atoms. The molecule has 1 atom stereocenters. The Morgan fingerprint density at radius 1 is 1.27 bits per heavy atom. The van der Waals surface area contributed by atoms with Gasteiger partial charge < -0.3 is 15.3 Å². The van der Waals surface area contributed by atoms with Gasteiger partial charge in [-0.3, -0.25) is 0 Å². The Morgan fingerprint density at radius 2 is 2.00 bits per heavy atom. The van der Waals surface area contributed by atoms with E-state index in [0.29, 0.717) is 13.0 Å². The molecule has 1 heterocycles. The first-order valence-corrected chi connectivity index (χ1v) is 6.53. The summed E-state index contributed by atoms with van der Waals surface area (Å²) in [5.41, 5.74) is -0.133. The van der Waals surface area contributed by atoms with Gasteiger partial charge in [0.15, 0.2) is 5.57 Å². The first kappa shape index (κ1) is 15.3. The zero-order valence-electron chi connectivity index (χ0n) is 11.5. The minimum atomic E-state index is -0.535. The van der Waals surface area contributed by atoms with Crippen LogP contribution in [0.2, 0.25) is 0 Å².